The molecule has 1 aliphatic heterocycles. The smallest absolute Gasteiger partial charge is 0.412 e. The maximum Gasteiger partial charge on any atom is 0.412 e. The highest BCUT2D eigenvalue weighted by Crippen LogP contribution is 2.33. The van der Waals surface area contributed by atoms with E-state index in [0.717, 1.165) is 41.5 Å². The highest BCUT2D eigenvalue weighted by Gasteiger charge is 2.22. The van der Waals surface area contributed by atoms with Gasteiger partial charge < -0.3 is 15.2 Å². The van der Waals surface area contributed by atoms with Crippen LogP contribution < -0.4 is 10.1 Å². The maximum absolute atomic E-state index is 12.5. The predicted octanol–water partition coefficient (Wildman–Crippen LogP) is 4.57. The van der Waals surface area contributed by atoms with Crippen LogP contribution in [0.15, 0.2) is 54.7 Å². The van der Waals surface area contributed by atoms with E-state index >= 15 is 0 Å². The molecule has 1 atom stereocenters. The van der Waals surface area contributed by atoms with Crippen molar-refractivity contribution >= 4 is 16.9 Å². The van der Waals surface area contributed by atoms with Crippen LogP contribution in [0, 0.1) is 0 Å². The van der Waals surface area contributed by atoms with Crippen LogP contribution in [0.1, 0.15) is 26.2 Å². The van der Waals surface area contributed by atoms with Crippen LogP contribution in [0.5, 0.6) is 11.5 Å². The summed E-state index contributed by atoms with van der Waals surface area (Å²) in [7, 11) is 0. The zero-order valence-corrected chi connectivity index (χ0v) is 17.2. The molecular formula is C24H27N3O3. The summed E-state index contributed by atoms with van der Waals surface area (Å²) >= 11 is 0. The minimum absolute atomic E-state index is 0.208. The average molecular weight is 405 g/mol. The van der Waals surface area contributed by atoms with E-state index in [-0.39, 0.29) is 5.75 Å². The van der Waals surface area contributed by atoms with Gasteiger partial charge in [-0.1, -0.05) is 37.6 Å². The van der Waals surface area contributed by atoms with E-state index in [1.54, 1.807) is 18.3 Å². The number of carbonyl (C=O) groups is 1. The van der Waals surface area contributed by atoms with Gasteiger partial charge >= 0.3 is 6.09 Å². The molecule has 2 heterocycles. The van der Waals surface area contributed by atoms with E-state index in [1.807, 2.05) is 36.4 Å². The number of phenols is 1. The molecule has 6 nitrogen and oxygen atoms in total. The summed E-state index contributed by atoms with van der Waals surface area (Å²) in [5, 5.41) is 14.2. The van der Waals surface area contributed by atoms with E-state index in [2.05, 4.69) is 22.1 Å². The van der Waals surface area contributed by atoms with E-state index in [0.29, 0.717) is 18.3 Å². The first-order valence-corrected chi connectivity index (χ1v) is 10.5. The summed E-state index contributed by atoms with van der Waals surface area (Å²) in [6.07, 6.45) is 4.65. The van der Waals surface area contributed by atoms with E-state index < -0.39 is 6.09 Å². The van der Waals surface area contributed by atoms with Crippen LogP contribution >= 0.6 is 0 Å². The van der Waals surface area contributed by atoms with Crippen molar-refractivity contribution in [2.24, 2.45) is 0 Å². The number of ether oxygens (including phenoxy) is 1. The monoisotopic (exact) mass is 405 g/mol. The van der Waals surface area contributed by atoms with Gasteiger partial charge in [-0.2, -0.15) is 0 Å². The third-order valence-electron chi connectivity index (χ3n) is 5.74. The first-order valence-electron chi connectivity index (χ1n) is 10.5. The first kappa shape index (κ1) is 20.2. The van der Waals surface area contributed by atoms with Crippen LogP contribution in [-0.4, -0.2) is 46.8 Å². The fourth-order valence-electron chi connectivity index (χ4n) is 4.14. The number of nitrogens with zero attached hydrogens (tertiary/aromatic N) is 2. The fourth-order valence-corrected chi connectivity index (χ4v) is 4.14. The van der Waals surface area contributed by atoms with Crippen molar-refractivity contribution in [3.8, 4) is 22.8 Å². The molecule has 1 saturated heterocycles. The number of nitrogens with one attached hydrogen (secondary N) is 1. The second-order valence-electron chi connectivity index (χ2n) is 7.61. The predicted molar refractivity (Wildman–Crippen MR) is 118 cm³/mol. The molecule has 1 amide bonds. The third kappa shape index (κ3) is 4.39. The summed E-state index contributed by atoms with van der Waals surface area (Å²) in [5.74, 6) is 0.640. The van der Waals surface area contributed by atoms with Gasteiger partial charge in [-0.15, -0.1) is 0 Å². The minimum atomic E-state index is -0.457. The Labute approximate surface area is 176 Å². The summed E-state index contributed by atoms with van der Waals surface area (Å²) in [6.45, 7) is 4.83. The number of piperidine rings is 1. The molecule has 30 heavy (non-hydrogen) atoms. The zero-order valence-electron chi connectivity index (χ0n) is 17.2. The van der Waals surface area contributed by atoms with Crippen molar-refractivity contribution in [1.82, 2.24) is 15.2 Å². The van der Waals surface area contributed by atoms with E-state index in [4.69, 9.17) is 4.74 Å². The van der Waals surface area contributed by atoms with Crippen molar-refractivity contribution in [3.63, 3.8) is 0 Å². The Morgan fingerprint density at radius 1 is 1.17 bits per heavy atom. The number of hydrogen-bond acceptors (Lipinski definition) is 5. The Balaban J connectivity index is 1.51. The van der Waals surface area contributed by atoms with E-state index in [1.165, 1.54) is 12.8 Å². The fraction of sp³-hybridized carbons (Fsp3) is 0.333. The molecule has 0 radical (unpaired) electrons. The zero-order chi connectivity index (χ0) is 20.9. The Hall–Kier alpha value is -3.12. The molecular weight excluding hydrogens is 378 g/mol. The number of aromatic hydroxyl groups is 1. The molecule has 0 bridgehead atoms. The van der Waals surface area contributed by atoms with Gasteiger partial charge in [-0.05, 0) is 50.2 Å². The number of benzene rings is 2. The SMILES string of the molecule is CCN1CCCCC1CNC(=O)Oc1cnc(-c2ccc(O)cc2)c2ccccc12. The number of pyridine rings is 1. The number of carbonyl (C=O) groups excluding carboxylic acids is 1. The topological polar surface area (TPSA) is 74.7 Å². The number of aromatic nitrogens is 1. The molecule has 2 N–H and O–H groups in total. The molecule has 4 rings (SSSR count). The summed E-state index contributed by atoms with van der Waals surface area (Å²) in [5.41, 5.74) is 1.66. The summed E-state index contributed by atoms with van der Waals surface area (Å²) in [4.78, 5) is 19.4. The van der Waals surface area contributed by atoms with Crippen LogP contribution in [0.4, 0.5) is 4.79 Å². The number of amides is 1. The standard InChI is InChI=1S/C24H27N3O3/c1-2-27-14-6-5-7-18(27)15-26-24(29)30-22-16-25-23(17-10-12-19(28)13-11-17)21-9-4-3-8-20(21)22/h3-4,8-13,16,18,28H,2,5-7,14-15H2,1H3,(H,26,29). The second-order valence-corrected chi connectivity index (χ2v) is 7.61. The molecule has 1 aliphatic rings. The van der Waals surface area contributed by atoms with Crippen molar-refractivity contribution in [3.05, 3.63) is 54.7 Å². The quantitative estimate of drug-likeness (QED) is 0.650. The number of likely N-dealkylation sites (N-methyl/N-ethyl adjacent to an activating group) is 1. The van der Waals surface area contributed by atoms with Crippen molar-refractivity contribution in [1.29, 1.82) is 0 Å². The van der Waals surface area contributed by atoms with Crippen LogP contribution in [-0.2, 0) is 0 Å². The highest BCUT2D eigenvalue weighted by atomic mass is 16.6. The number of hydrogen-bond donors (Lipinski definition) is 2. The minimum Gasteiger partial charge on any atom is -0.508 e. The molecule has 1 fully saturated rings. The molecule has 1 unspecified atom stereocenters. The van der Waals surface area contributed by atoms with Gasteiger partial charge in [-0.25, -0.2) is 4.79 Å². The molecule has 2 aromatic carbocycles. The Morgan fingerprint density at radius 3 is 2.70 bits per heavy atom. The normalized spacial score (nSPS) is 17.0. The maximum atomic E-state index is 12.5. The van der Waals surface area contributed by atoms with Crippen LogP contribution in [0.3, 0.4) is 0 Å². The van der Waals surface area contributed by atoms with Gasteiger partial charge in [0.25, 0.3) is 0 Å². The van der Waals surface area contributed by atoms with Gasteiger partial charge in [0.05, 0.1) is 11.9 Å². The molecule has 3 aromatic rings. The van der Waals surface area contributed by atoms with Crippen LogP contribution in [0.2, 0.25) is 0 Å². The molecule has 0 aliphatic carbocycles. The Kier molecular flexibility index (Phi) is 6.14. The molecule has 1 aromatic heterocycles. The van der Waals surface area contributed by atoms with Gasteiger partial charge in [0, 0.05) is 28.9 Å². The first-order chi connectivity index (χ1) is 14.7. The number of likely N-dealkylation sites (tertiary alicyclic amines) is 1. The lowest BCUT2D eigenvalue weighted by molar-refractivity contribution is 0.148. The second kappa shape index (κ2) is 9.13. The largest absolute Gasteiger partial charge is 0.508 e. The number of fused-ring (bicyclic) bond motifs is 1. The molecule has 0 saturated carbocycles. The van der Waals surface area contributed by atoms with Gasteiger partial charge in [0.2, 0.25) is 0 Å². The van der Waals surface area contributed by atoms with Crippen molar-refractivity contribution in [2.45, 2.75) is 32.2 Å². The third-order valence-corrected chi connectivity index (χ3v) is 5.74. The molecule has 6 heteroatoms. The Bertz CT molecular complexity index is 1020. The number of phenolic OH excluding ortho intramolecular Hbond substituents is 1. The average Bonchev–Trinajstić information content (AvgIpc) is 2.79. The van der Waals surface area contributed by atoms with Crippen LogP contribution in [0.25, 0.3) is 22.0 Å². The van der Waals surface area contributed by atoms with Gasteiger partial charge in [-0.3, -0.25) is 9.88 Å². The lowest BCUT2D eigenvalue weighted by atomic mass is 10.0. The summed E-state index contributed by atoms with van der Waals surface area (Å²) in [6, 6.07) is 15.0. The van der Waals surface area contributed by atoms with Crippen molar-refractivity contribution < 1.29 is 14.6 Å². The molecule has 0 spiro atoms. The molecule has 156 valence electrons. The van der Waals surface area contributed by atoms with Gasteiger partial charge in [0.1, 0.15) is 5.75 Å². The number of rotatable bonds is 5. The van der Waals surface area contributed by atoms with Gasteiger partial charge in [0.15, 0.2) is 5.75 Å². The lowest BCUT2D eigenvalue weighted by Crippen LogP contribution is -2.46. The summed E-state index contributed by atoms with van der Waals surface area (Å²) < 4.78 is 5.63. The lowest BCUT2D eigenvalue weighted by Gasteiger charge is -2.34. The highest BCUT2D eigenvalue weighted by molar-refractivity contribution is 5.98. The Morgan fingerprint density at radius 2 is 1.93 bits per heavy atom. The van der Waals surface area contributed by atoms with E-state index in [9.17, 15) is 9.90 Å². The van der Waals surface area contributed by atoms with Crippen molar-refractivity contribution in [2.75, 3.05) is 19.6 Å².